The van der Waals surface area contributed by atoms with E-state index in [4.69, 9.17) is 4.42 Å². The molecule has 0 saturated heterocycles. The fourth-order valence-electron chi connectivity index (χ4n) is 1.08. The van der Waals surface area contributed by atoms with Crippen LogP contribution >= 0.6 is 0 Å². The molecule has 0 radical (unpaired) electrons. The van der Waals surface area contributed by atoms with Gasteiger partial charge in [-0.05, 0) is 20.4 Å². The van der Waals surface area contributed by atoms with Crippen LogP contribution in [0.4, 0.5) is 6.01 Å². The highest BCUT2D eigenvalue weighted by Gasteiger charge is 2.11. The lowest BCUT2D eigenvalue weighted by atomic mass is 10.3. The number of nitrogens with one attached hydrogen (secondary N) is 2. The number of nitrogens with zero attached hydrogens (tertiary/aromatic N) is 2. The highest BCUT2D eigenvalue weighted by Crippen LogP contribution is 2.12. The molecule has 0 amide bonds. The molecule has 0 bridgehead atoms. The fraction of sp³-hybridized carbons (Fsp3) is 0.778. The molecule has 0 aliphatic heterocycles. The van der Waals surface area contributed by atoms with E-state index in [0.29, 0.717) is 24.2 Å². The maximum atomic E-state index is 10.8. The summed E-state index contributed by atoms with van der Waals surface area (Å²) in [6.45, 7) is 2.63. The van der Waals surface area contributed by atoms with Crippen LogP contribution in [0.25, 0.3) is 0 Å². The second kappa shape index (κ2) is 6.59. The highest BCUT2D eigenvalue weighted by molar-refractivity contribution is 7.84. The molecule has 2 atom stereocenters. The lowest BCUT2D eigenvalue weighted by Gasteiger charge is -2.02. The summed E-state index contributed by atoms with van der Waals surface area (Å²) < 4.78 is 16.2. The molecule has 0 aliphatic rings. The van der Waals surface area contributed by atoms with Crippen LogP contribution in [0.5, 0.6) is 0 Å². The molecule has 1 rings (SSSR count). The zero-order valence-electron chi connectivity index (χ0n) is 9.82. The van der Waals surface area contributed by atoms with Gasteiger partial charge >= 0.3 is 6.01 Å². The van der Waals surface area contributed by atoms with E-state index >= 15 is 0 Å². The first-order valence-corrected chi connectivity index (χ1v) is 6.90. The number of hydrogen-bond acceptors (Lipinski definition) is 6. The molecule has 6 nitrogen and oxygen atoms in total. The topological polar surface area (TPSA) is 80.0 Å². The first-order chi connectivity index (χ1) is 7.63. The summed E-state index contributed by atoms with van der Waals surface area (Å²) in [5.41, 5.74) is 0. The van der Waals surface area contributed by atoms with E-state index in [0.717, 1.165) is 6.42 Å². The van der Waals surface area contributed by atoms with Crippen LogP contribution in [0.3, 0.4) is 0 Å². The standard InChI is InChI=1S/C9H18N4O2S/c1-7(10-2)8-12-13-9(15-8)11-5-4-6-16(3)14/h7,10H,4-6H2,1-3H3,(H,11,13). The van der Waals surface area contributed by atoms with Crippen molar-refractivity contribution in [3.05, 3.63) is 5.89 Å². The Labute approximate surface area is 97.7 Å². The van der Waals surface area contributed by atoms with Crippen molar-refractivity contribution in [1.82, 2.24) is 15.5 Å². The van der Waals surface area contributed by atoms with Gasteiger partial charge in [-0.1, -0.05) is 5.10 Å². The van der Waals surface area contributed by atoms with Gasteiger partial charge in [0.05, 0.1) is 6.04 Å². The van der Waals surface area contributed by atoms with Gasteiger partial charge in [0.2, 0.25) is 5.89 Å². The van der Waals surface area contributed by atoms with Crippen molar-refractivity contribution in [2.45, 2.75) is 19.4 Å². The summed E-state index contributed by atoms with van der Waals surface area (Å²) in [4.78, 5) is 0. The molecule has 0 aromatic carbocycles. The molecule has 1 aromatic heterocycles. The molecule has 92 valence electrons. The molecule has 0 aliphatic carbocycles. The van der Waals surface area contributed by atoms with Crippen molar-refractivity contribution in [3.8, 4) is 0 Å². The van der Waals surface area contributed by atoms with Crippen molar-refractivity contribution < 1.29 is 8.63 Å². The van der Waals surface area contributed by atoms with Gasteiger partial charge in [0.15, 0.2) is 0 Å². The molecule has 2 N–H and O–H groups in total. The van der Waals surface area contributed by atoms with Crippen molar-refractivity contribution in [2.75, 3.05) is 30.9 Å². The Hall–Kier alpha value is -0.950. The Morgan fingerprint density at radius 2 is 2.25 bits per heavy atom. The van der Waals surface area contributed by atoms with Crippen LogP contribution in [0, 0.1) is 0 Å². The lowest BCUT2D eigenvalue weighted by Crippen LogP contribution is -2.12. The van der Waals surface area contributed by atoms with Crippen molar-refractivity contribution in [3.63, 3.8) is 0 Å². The van der Waals surface area contributed by atoms with E-state index in [2.05, 4.69) is 20.8 Å². The number of anilines is 1. The third-order valence-corrected chi connectivity index (χ3v) is 2.99. The third-order valence-electron chi connectivity index (χ3n) is 2.13. The summed E-state index contributed by atoms with van der Waals surface area (Å²) in [7, 11) is 1.09. The van der Waals surface area contributed by atoms with Gasteiger partial charge in [0, 0.05) is 29.4 Å². The molecule has 2 unspecified atom stereocenters. The largest absolute Gasteiger partial charge is 0.406 e. The Bertz CT molecular complexity index is 342. The van der Waals surface area contributed by atoms with Crippen LogP contribution in [-0.4, -0.2) is 40.0 Å². The van der Waals surface area contributed by atoms with Crippen LogP contribution < -0.4 is 10.6 Å². The smallest absolute Gasteiger partial charge is 0.315 e. The van der Waals surface area contributed by atoms with Gasteiger partial charge in [-0.15, -0.1) is 5.10 Å². The maximum absolute atomic E-state index is 10.8. The van der Waals surface area contributed by atoms with Gasteiger partial charge in [-0.2, -0.15) is 0 Å². The second-order valence-corrected chi connectivity index (χ2v) is 5.07. The third kappa shape index (κ3) is 4.28. The molecule has 0 fully saturated rings. The van der Waals surface area contributed by atoms with Crippen molar-refractivity contribution in [1.29, 1.82) is 0 Å². The normalized spacial score (nSPS) is 14.7. The Morgan fingerprint density at radius 1 is 1.50 bits per heavy atom. The highest BCUT2D eigenvalue weighted by atomic mass is 32.2. The number of hydrogen-bond donors (Lipinski definition) is 2. The minimum Gasteiger partial charge on any atom is -0.406 e. The SMILES string of the molecule is CNC(C)c1nnc(NCCCS(C)=O)o1. The lowest BCUT2D eigenvalue weighted by molar-refractivity contribution is 0.441. The van der Waals surface area contributed by atoms with Crippen LogP contribution in [-0.2, 0) is 10.8 Å². The molecule has 0 spiro atoms. The van der Waals surface area contributed by atoms with E-state index in [9.17, 15) is 4.21 Å². The number of rotatable bonds is 7. The Balaban J connectivity index is 2.32. The Kier molecular flexibility index (Phi) is 5.41. The summed E-state index contributed by atoms with van der Waals surface area (Å²) in [6, 6.07) is 0.463. The average molecular weight is 246 g/mol. The summed E-state index contributed by atoms with van der Waals surface area (Å²) in [6.07, 6.45) is 2.52. The average Bonchev–Trinajstić information content (AvgIpc) is 2.71. The minimum absolute atomic E-state index is 0.0474. The first kappa shape index (κ1) is 13.1. The van der Waals surface area contributed by atoms with Crippen molar-refractivity contribution in [2.24, 2.45) is 0 Å². The summed E-state index contributed by atoms with van der Waals surface area (Å²) in [5.74, 6) is 1.24. The summed E-state index contributed by atoms with van der Waals surface area (Å²) >= 11 is 0. The van der Waals surface area contributed by atoms with E-state index in [-0.39, 0.29) is 6.04 Å². The van der Waals surface area contributed by atoms with Crippen molar-refractivity contribution >= 4 is 16.8 Å². The quantitative estimate of drug-likeness (QED) is 0.683. The number of aromatic nitrogens is 2. The summed E-state index contributed by atoms with van der Waals surface area (Å²) in [5, 5.41) is 13.8. The zero-order valence-corrected chi connectivity index (χ0v) is 10.6. The fourth-order valence-corrected chi connectivity index (χ4v) is 1.63. The predicted molar refractivity (Wildman–Crippen MR) is 63.8 cm³/mol. The maximum Gasteiger partial charge on any atom is 0.315 e. The zero-order chi connectivity index (χ0) is 12.0. The predicted octanol–water partition coefficient (Wildman–Crippen LogP) is 0.530. The van der Waals surface area contributed by atoms with E-state index in [1.54, 1.807) is 6.26 Å². The Morgan fingerprint density at radius 3 is 2.88 bits per heavy atom. The molecular weight excluding hydrogens is 228 g/mol. The molecular formula is C9H18N4O2S. The molecule has 0 saturated carbocycles. The van der Waals surface area contributed by atoms with Gasteiger partial charge in [-0.25, -0.2) is 0 Å². The van der Waals surface area contributed by atoms with Gasteiger partial charge in [-0.3, -0.25) is 4.21 Å². The monoisotopic (exact) mass is 246 g/mol. The van der Waals surface area contributed by atoms with Gasteiger partial charge < -0.3 is 15.1 Å². The minimum atomic E-state index is -0.744. The van der Waals surface area contributed by atoms with Gasteiger partial charge in [0.1, 0.15) is 0 Å². The molecule has 16 heavy (non-hydrogen) atoms. The van der Waals surface area contributed by atoms with Crippen LogP contribution in [0.2, 0.25) is 0 Å². The van der Waals surface area contributed by atoms with Gasteiger partial charge in [0.25, 0.3) is 0 Å². The second-order valence-electron chi connectivity index (χ2n) is 3.51. The first-order valence-electron chi connectivity index (χ1n) is 5.18. The van der Waals surface area contributed by atoms with Crippen LogP contribution in [0.1, 0.15) is 25.3 Å². The molecule has 1 aromatic rings. The van der Waals surface area contributed by atoms with E-state index in [1.165, 1.54) is 0 Å². The van der Waals surface area contributed by atoms with E-state index in [1.807, 2.05) is 14.0 Å². The van der Waals surface area contributed by atoms with E-state index < -0.39 is 10.8 Å². The molecule has 7 heteroatoms. The molecule has 1 heterocycles. The van der Waals surface area contributed by atoms with Crippen LogP contribution in [0.15, 0.2) is 4.42 Å².